The highest BCUT2D eigenvalue weighted by Gasteiger charge is 2.27. The zero-order valence-corrected chi connectivity index (χ0v) is 9.46. The third-order valence-corrected chi connectivity index (χ3v) is 3.69. The van der Waals surface area contributed by atoms with Gasteiger partial charge in [-0.1, -0.05) is 0 Å². The van der Waals surface area contributed by atoms with E-state index in [1.54, 1.807) is 0 Å². The average Bonchev–Trinajstić information content (AvgIpc) is 2.29. The highest BCUT2D eigenvalue weighted by molar-refractivity contribution is 5.78. The van der Waals surface area contributed by atoms with Crippen LogP contribution in [0.2, 0.25) is 0 Å². The number of carbonyl (C=O) groups excluding carboxylic acids is 1. The van der Waals surface area contributed by atoms with Crippen LogP contribution in [-0.2, 0) is 4.79 Å². The molecule has 1 aliphatic heterocycles. The summed E-state index contributed by atoms with van der Waals surface area (Å²) < 4.78 is 0. The largest absolute Gasteiger partial charge is 0.354 e. The van der Waals surface area contributed by atoms with E-state index in [4.69, 9.17) is 0 Å². The minimum atomic E-state index is 0.192. The van der Waals surface area contributed by atoms with E-state index in [1.165, 1.54) is 25.7 Å². The van der Waals surface area contributed by atoms with Gasteiger partial charge in [-0.25, -0.2) is 0 Å². The number of nitrogens with zero attached hydrogens (tertiary/aromatic N) is 1. The first-order valence-corrected chi connectivity index (χ1v) is 5.97. The first-order valence-electron chi connectivity index (χ1n) is 5.97. The van der Waals surface area contributed by atoms with Gasteiger partial charge in [0.2, 0.25) is 5.91 Å². The minimum absolute atomic E-state index is 0.192. The summed E-state index contributed by atoms with van der Waals surface area (Å²) >= 11 is 0. The van der Waals surface area contributed by atoms with Gasteiger partial charge in [-0.3, -0.25) is 9.69 Å². The molecule has 1 amide bonds. The van der Waals surface area contributed by atoms with Crippen molar-refractivity contribution in [2.24, 2.45) is 0 Å². The molecule has 0 bridgehead atoms. The number of hydrogen-bond acceptors (Lipinski definition) is 3. The molecule has 2 N–H and O–H groups in total. The van der Waals surface area contributed by atoms with Gasteiger partial charge < -0.3 is 10.6 Å². The molecule has 1 heterocycles. The van der Waals surface area contributed by atoms with Crippen LogP contribution in [0.25, 0.3) is 0 Å². The Kier molecular flexibility index (Phi) is 3.59. The molecule has 4 nitrogen and oxygen atoms in total. The quantitative estimate of drug-likeness (QED) is 0.673. The molecule has 4 heteroatoms. The molecule has 1 saturated heterocycles. The van der Waals surface area contributed by atoms with Crippen LogP contribution in [0, 0.1) is 0 Å². The van der Waals surface area contributed by atoms with Gasteiger partial charge in [0.15, 0.2) is 0 Å². The lowest BCUT2D eigenvalue weighted by molar-refractivity contribution is -0.125. The molecule has 2 aliphatic rings. The zero-order valence-electron chi connectivity index (χ0n) is 9.46. The molecule has 0 aromatic heterocycles. The van der Waals surface area contributed by atoms with E-state index in [9.17, 15) is 4.79 Å². The van der Waals surface area contributed by atoms with Gasteiger partial charge in [0.1, 0.15) is 0 Å². The van der Waals surface area contributed by atoms with Gasteiger partial charge in [-0.15, -0.1) is 0 Å². The number of carbonyl (C=O) groups is 1. The molecule has 2 fully saturated rings. The summed E-state index contributed by atoms with van der Waals surface area (Å²) in [6.45, 7) is 2.46. The second-order valence-electron chi connectivity index (χ2n) is 4.61. The molecule has 0 aromatic rings. The Hall–Kier alpha value is -0.610. The molecule has 86 valence electrons. The van der Waals surface area contributed by atoms with Gasteiger partial charge in [0.05, 0.1) is 6.54 Å². The van der Waals surface area contributed by atoms with E-state index < -0.39 is 0 Å². The highest BCUT2D eigenvalue weighted by Crippen LogP contribution is 2.23. The summed E-state index contributed by atoms with van der Waals surface area (Å²) in [7, 11) is 2.04. The summed E-state index contributed by atoms with van der Waals surface area (Å²) in [6.07, 6.45) is 4.97. The topological polar surface area (TPSA) is 44.4 Å². The molecular formula is C11H21N3O. The van der Waals surface area contributed by atoms with Crippen molar-refractivity contribution in [3.05, 3.63) is 0 Å². The average molecular weight is 211 g/mol. The smallest absolute Gasteiger partial charge is 0.234 e. The van der Waals surface area contributed by atoms with Crippen LogP contribution in [0.5, 0.6) is 0 Å². The van der Waals surface area contributed by atoms with Crippen molar-refractivity contribution in [1.82, 2.24) is 15.5 Å². The van der Waals surface area contributed by atoms with E-state index in [0.717, 1.165) is 13.1 Å². The first kappa shape index (κ1) is 10.9. The van der Waals surface area contributed by atoms with Crippen molar-refractivity contribution in [3.8, 4) is 0 Å². The predicted molar refractivity (Wildman–Crippen MR) is 59.7 cm³/mol. The van der Waals surface area contributed by atoms with Crippen LogP contribution in [0.4, 0.5) is 0 Å². The fraction of sp³-hybridized carbons (Fsp3) is 0.909. The molecule has 2 rings (SSSR count). The molecule has 15 heavy (non-hydrogen) atoms. The van der Waals surface area contributed by atoms with E-state index in [1.807, 2.05) is 7.05 Å². The molecule has 0 spiro atoms. The maximum Gasteiger partial charge on any atom is 0.234 e. The van der Waals surface area contributed by atoms with Crippen molar-refractivity contribution in [2.75, 3.05) is 26.7 Å². The number of piperazine rings is 1. The van der Waals surface area contributed by atoms with Crippen molar-refractivity contribution in [1.29, 1.82) is 0 Å². The highest BCUT2D eigenvalue weighted by atomic mass is 16.2. The third kappa shape index (κ3) is 2.69. The lowest BCUT2D eigenvalue weighted by atomic mass is 9.90. The Labute approximate surface area is 91.4 Å². The Morgan fingerprint density at radius 1 is 1.33 bits per heavy atom. The number of hydrogen-bond donors (Lipinski definition) is 2. The summed E-state index contributed by atoms with van der Waals surface area (Å²) in [5.74, 6) is 0.192. The molecular weight excluding hydrogens is 190 g/mol. The molecule has 0 radical (unpaired) electrons. The van der Waals surface area contributed by atoms with Crippen molar-refractivity contribution >= 4 is 5.91 Å². The van der Waals surface area contributed by atoms with Gasteiger partial charge in [-0.2, -0.15) is 0 Å². The van der Waals surface area contributed by atoms with Crippen molar-refractivity contribution < 1.29 is 4.79 Å². The summed E-state index contributed by atoms with van der Waals surface area (Å²) in [6, 6.07) is 1.33. The van der Waals surface area contributed by atoms with Gasteiger partial charge >= 0.3 is 0 Å². The number of amides is 1. The normalized spacial score (nSPS) is 33.8. The minimum Gasteiger partial charge on any atom is -0.354 e. The van der Waals surface area contributed by atoms with Crippen molar-refractivity contribution in [3.63, 3.8) is 0 Å². The lowest BCUT2D eigenvalue weighted by Crippen LogP contribution is -2.53. The Morgan fingerprint density at radius 3 is 2.67 bits per heavy atom. The predicted octanol–water partition coefficient (Wildman–Crippen LogP) is -0.0512. The third-order valence-electron chi connectivity index (χ3n) is 3.69. The zero-order chi connectivity index (χ0) is 10.7. The second-order valence-corrected chi connectivity index (χ2v) is 4.61. The van der Waals surface area contributed by atoms with Crippen LogP contribution < -0.4 is 10.6 Å². The van der Waals surface area contributed by atoms with Crippen LogP contribution in [0.15, 0.2) is 0 Å². The van der Waals surface area contributed by atoms with Gasteiger partial charge in [0, 0.05) is 25.2 Å². The van der Waals surface area contributed by atoms with E-state index >= 15 is 0 Å². The fourth-order valence-electron chi connectivity index (χ4n) is 2.70. The fourth-order valence-corrected chi connectivity index (χ4v) is 2.70. The van der Waals surface area contributed by atoms with E-state index in [2.05, 4.69) is 15.5 Å². The summed E-state index contributed by atoms with van der Waals surface area (Å²) in [4.78, 5) is 13.6. The van der Waals surface area contributed by atoms with Crippen molar-refractivity contribution in [2.45, 2.75) is 37.8 Å². The molecule has 1 aliphatic carbocycles. The Morgan fingerprint density at radius 2 is 2.07 bits per heavy atom. The molecule has 0 atom stereocenters. The Balaban J connectivity index is 1.81. The summed E-state index contributed by atoms with van der Waals surface area (Å²) in [5.41, 5.74) is 0. The molecule has 0 aromatic carbocycles. The number of rotatable bonds is 2. The van der Waals surface area contributed by atoms with E-state index in [0.29, 0.717) is 18.6 Å². The summed E-state index contributed by atoms with van der Waals surface area (Å²) in [5, 5.41) is 6.22. The number of nitrogens with one attached hydrogen (secondary N) is 2. The Bertz CT molecular complexity index is 224. The lowest BCUT2D eigenvalue weighted by Gasteiger charge is -2.38. The standard InChI is InChI=1S/C11H21N3O/c1-12-9-2-4-10(5-3-9)14-7-6-13-11(15)8-14/h9-10,12H,2-8H2,1H3,(H,13,15). The van der Waals surface area contributed by atoms with Gasteiger partial charge in [0.25, 0.3) is 0 Å². The van der Waals surface area contributed by atoms with Crippen LogP contribution in [0.3, 0.4) is 0 Å². The van der Waals surface area contributed by atoms with Crippen LogP contribution in [0.1, 0.15) is 25.7 Å². The first-order chi connectivity index (χ1) is 7.29. The van der Waals surface area contributed by atoms with E-state index in [-0.39, 0.29) is 5.91 Å². The van der Waals surface area contributed by atoms with Gasteiger partial charge in [-0.05, 0) is 32.7 Å². The monoisotopic (exact) mass is 211 g/mol. The van der Waals surface area contributed by atoms with Crippen LogP contribution in [-0.4, -0.2) is 49.6 Å². The second kappa shape index (κ2) is 4.94. The molecule has 1 saturated carbocycles. The maximum absolute atomic E-state index is 11.3. The van der Waals surface area contributed by atoms with Crippen LogP contribution >= 0.6 is 0 Å². The molecule has 0 unspecified atom stereocenters. The maximum atomic E-state index is 11.3. The SMILES string of the molecule is CNC1CCC(N2CCNC(=O)C2)CC1.